The number of pyridine rings is 1. The molecule has 5 heteroatoms. The molecule has 116 valence electrons. The molecule has 0 fully saturated rings. The number of carbonyl (C=O) groups is 1. The van der Waals surface area contributed by atoms with Crippen molar-refractivity contribution < 1.29 is 9.53 Å². The van der Waals surface area contributed by atoms with Crippen LogP contribution in [0.15, 0.2) is 36.5 Å². The van der Waals surface area contributed by atoms with Gasteiger partial charge in [0.1, 0.15) is 5.75 Å². The smallest absolute Gasteiger partial charge is 0.228 e. The van der Waals surface area contributed by atoms with Crippen molar-refractivity contribution in [3.05, 3.63) is 47.7 Å². The van der Waals surface area contributed by atoms with Gasteiger partial charge in [0.25, 0.3) is 0 Å². The molecule has 0 aliphatic rings. The maximum Gasteiger partial charge on any atom is 0.228 e. The molecule has 2 aromatic rings. The standard InChI is InChI=1S/C17H21N3O2/c1-11-5-4-6-15(13(11)3)22-16-8-7-14(10-19-16)20-17(21)12(2)9-18/h4-8,10,12H,9,18H2,1-3H3,(H,20,21). The van der Waals surface area contributed by atoms with Gasteiger partial charge in [-0.1, -0.05) is 19.1 Å². The lowest BCUT2D eigenvalue weighted by Crippen LogP contribution is -2.26. The Hall–Kier alpha value is -2.40. The van der Waals surface area contributed by atoms with Gasteiger partial charge in [-0.25, -0.2) is 4.98 Å². The van der Waals surface area contributed by atoms with E-state index in [9.17, 15) is 4.79 Å². The summed E-state index contributed by atoms with van der Waals surface area (Å²) in [6, 6.07) is 9.37. The van der Waals surface area contributed by atoms with Crippen LogP contribution >= 0.6 is 0 Å². The Kier molecular flexibility index (Phi) is 5.12. The van der Waals surface area contributed by atoms with Crippen LogP contribution in [0, 0.1) is 19.8 Å². The molecule has 1 aromatic heterocycles. The number of benzene rings is 1. The predicted octanol–water partition coefficient (Wildman–Crippen LogP) is 3.02. The molecule has 1 aromatic carbocycles. The Labute approximate surface area is 130 Å². The molecular weight excluding hydrogens is 278 g/mol. The number of anilines is 1. The molecule has 0 saturated carbocycles. The van der Waals surface area contributed by atoms with Gasteiger partial charge in [-0.05, 0) is 37.1 Å². The lowest BCUT2D eigenvalue weighted by Gasteiger charge is -2.11. The van der Waals surface area contributed by atoms with E-state index >= 15 is 0 Å². The van der Waals surface area contributed by atoms with Crippen molar-refractivity contribution in [2.45, 2.75) is 20.8 Å². The first-order valence-electron chi connectivity index (χ1n) is 7.22. The van der Waals surface area contributed by atoms with E-state index in [2.05, 4.69) is 10.3 Å². The first-order valence-corrected chi connectivity index (χ1v) is 7.22. The van der Waals surface area contributed by atoms with Crippen molar-refractivity contribution in [1.82, 2.24) is 4.98 Å². The van der Waals surface area contributed by atoms with Gasteiger partial charge in [0, 0.05) is 18.5 Å². The van der Waals surface area contributed by atoms with Crippen molar-refractivity contribution >= 4 is 11.6 Å². The summed E-state index contributed by atoms with van der Waals surface area (Å²) in [6.45, 7) is 6.13. The number of aryl methyl sites for hydroxylation is 1. The van der Waals surface area contributed by atoms with E-state index in [1.54, 1.807) is 25.3 Å². The monoisotopic (exact) mass is 299 g/mol. The first kappa shape index (κ1) is 16.0. The SMILES string of the molecule is Cc1cccc(Oc2ccc(NC(=O)C(C)CN)cn2)c1C. The van der Waals surface area contributed by atoms with Crippen LogP contribution in [0.4, 0.5) is 5.69 Å². The fraction of sp³-hybridized carbons (Fsp3) is 0.294. The summed E-state index contributed by atoms with van der Waals surface area (Å²) in [5.74, 6) is 0.915. The van der Waals surface area contributed by atoms with Crippen LogP contribution in [-0.4, -0.2) is 17.4 Å². The van der Waals surface area contributed by atoms with Gasteiger partial charge in [-0.15, -0.1) is 0 Å². The molecule has 3 N–H and O–H groups in total. The third-order valence-corrected chi connectivity index (χ3v) is 3.57. The number of nitrogens with two attached hydrogens (primary N) is 1. The fourth-order valence-corrected chi connectivity index (χ4v) is 1.83. The zero-order chi connectivity index (χ0) is 16.1. The minimum Gasteiger partial charge on any atom is -0.439 e. The van der Waals surface area contributed by atoms with Crippen molar-refractivity contribution in [2.75, 3.05) is 11.9 Å². The second kappa shape index (κ2) is 7.04. The van der Waals surface area contributed by atoms with Crippen LogP contribution in [0.5, 0.6) is 11.6 Å². The second-order valence-corrected chi connectivity index (χ2v) is 5.31. The van der Waals surface area contributed by atoms with Gasteiger partial charge in [0.15, 0.2) is 0 Å². The maximum absolute atomic E-state index is 11.8. The zero-order valence-electron chi connectivity index (χ0n) is 13.1. The van der Waals surface area contributed by atoms with Crippen LogP contribution in [0.25, 0.3) is 0 Å². The average Bonchev–Trinajstić information content (AvgIpc) is 2.52. The van der Waals surface area contributed by atoms with Crippen LogP contribution < -0.4 is 15.8 Å². The van der Waals surface area contributed by atoms with Gasteiger partial charge >= 0.3 is 0 Å². The Bertz CT molecular complexity index is 653. The highest BCUT2D eigenvalue weighted by atomic mass is 16.5. The van der Waals surface area contributed by atoms with Crippen molar-refractivity contribution in [3.63, 3.8) is 0 Å². The number of carbonyl (C=O) groups excluding carboxylic acids is 1. The van der Waals surface area contributed by atoms with E-state index < -0.39 is 0 Å². The molecule has 0 spiro atoms. The minimum atomic E-state index is -0.231. The summed E-state index contributed by atoms with van der Waals surface area (Å²) >= 11 is 0. The molecule has 1 amide bonds. The molecule has 0 aliphatic carbocycles. The average molecular weight is 299 g/mol. The quantitative estimate of drug-likeness (QED) is 0.889. The molecule has 0 saturated heterocycles. The number of nitrogens with one attached hydrogen (secondary N) is 1. The molecule has 2 rings (SSSR count). The summed E-state index contributed by atoms with van der Waals surface area (Å²) in [5.41, 5.74) is 8.34. The van der Waals surface area contributed by atoms with Gasteiger partial charge in [0.2, 0.25) is 11.8 Å². The first-order chi connectivity index (χ1) is 10.5. The number of aromatic nitrogens is 1. The largest absolute Gasteiger partial charge is 0.439 e. The van der Waals surface area contributed by atoms with E-state index in [1.165, 1.54) is 0 Å². The van der Waals surface area contributed by atoms with E-state index in [1.807, 2.05) is 32.0 Å². The number of hydrogen-bond donors (Lipinski definition) is 2. The minimum absolute atomic E-state index is 0.118. The normalized spacial score (nSPS) is 11.8. The Morgan fingerprint density at radius 2 is 2.09 bits per heavy atom. The number of hydrogen-bond acceptors (Lipinski definition) is 4. The highest BCUT2D eigenvalue weighted by Gasteiger charge is 2.11. The van der Waals surface area contributed by atoms with E-state index in [0.717, 1.165) is 16.9 Å². The molecule has 0 aliphatic heterocycles. The summed E-state index contributed by atoms with van der Waals surface area (Å²) < 4.78 is 5.77. The van der Waals surface area contributed by atoms with Crippen molar-refractivity contribution in [1.29, 1.82) is 0 Å². The molecule has 22 heavy (non-hydrogen) atoms. The molecular formula is C17H21N3O2. The summed E-state index contributed by atoms with van der Waals surface area (Å²) in [4.78, 5) is 16.0. The second-order valence-electron chi connectivity index (χ2n) is 5.31. The summed E-state index contributed by atoms with van der Waals surface area (Å²) in [7, 11) is 0. The van der Waals surface area contributed by atoms with E-state index in [4.69, 9.17) is 10.5 Å². The molecule has 0 radical (unpaired) electrons. The van der Waals surface area contributed by atoms with Crippen LogP contribution in [0.1, 0.15) is 18.1 Å². The van der Waals surface area contributed by atoms with Gasteiger partial charge in [-0.2, -0.15) is 0 Å². The van der Waals surface area contributed by atoms with E-state index in [-0.39, 0.29) is 11.8 Å². The number of ether oxygens (including phenoxy) is 1. The van der Waals surface area contributed by atoms with Gasteiger partial charge in [-0.3, -0.25) is 4.79 Å². The molecule has 0 bridgehead atoms. The van der Waals surface area contributed by atoms with E-state index in [0.29, 0.717) is 18.1 Å². The Morgan fingerprint density at radius 1 is 1.32 bits per heavy atom. The van der Waals surface area contributed by atoms with Crippen molar-refractivity contribution in [3.8, 4) is 11.6 Å². The molecule has 5 nitrogen and oxygen atoms in total. The fourth-order valence-electron chi connectivity index (χ4n) is 1.83. The summed E-state index contributed by atoms with van der Waals surface area (Å²) in [6.07, 6.45) is 1.57. The molecule has 1 atom stereocenters. The van der Waals surface area contributed by atoms with Crippen LogP contribution in [0.3, 0.4) is 0 Å². The topological polar surface area (TPSA) is 77.2 Å². The van der Waals surface area contributed by atoms with Gasteiger partial charge < -0.3 is 15.8 Å². The van der Waals surface area contributed by atoms with Gasteiger partial charge in [0.05, 0.1) is 11.9 Å². The van der Waals surface area contributed by atoms with Crippen molar-refractivity contribution in [2.24, 2.45) is 11.7 Å². The number of nitrogens with zero attached hydrogens (tertiary/aromatic N) is 1. The predicted molar refractivity (Wildman–Crippen MR) is 87.1 cm³/mol. The lowest BCUT2D eigenvalue weighted by molar-refractivity contribution is -0.119. The zero-order valence-corrected chi connectivity index (χ0v) is 13.1. The van der Waals surface area contributed by atoms with Crippen LogP contribution in [0.2, 0.25) is 0 Å². The molecule has 1 heterocycles. The third kappa shape index (κ3) is 3.83. The number of amides is 1. The van der Waals surface area contributed by atoms with Crippen LogP contribution in [-0.2, 0) is 4.79 Å². The highest BCUT2D eigenvalue weighted by molar-refractivity contribution is 5.92. The Morgan fingerprint density at radius 3 is 2.73 bits per heavy atom. The maximum atomic E-state index is 11.8. The molecule has 1 unspecified atom stereocenters. The lowest BCUT2D eigenvalue weighted by atomic mass is 10.1. The number of rotatable bonds is 5. The summed E-state index contributed by atoms with van der Waals surface area (Å²) in [5, 5.41) is 2.77. The highest BCUT2D eigenvalue weighted by Crippen LogP contribution is 2.26. The third-order valence-electron chi connectivity index (χ3n) is 3.57. The Balaban J connectivity index is 2.06.